The number of primary amides is 1. The number of hydrogen-bond acceptors (Lipinski definition) is 2. The summed E-state index contributed by atoms with van der Waals surface area (Å²) in [5, 5.41) is 1.43. The van der Waals surface area contributed by atoms with E-state index in [2.05, 4.69) is 41.5 Å². The smallest absolute Gasteiger partial charge is 0.231 e. The van der Waals surface area contributed by atoms with Gasteiger partial charge in [-0.2, -0.15) is 0 Å². The number of carbonyl (C=O) groups excluding carboxylic acids is 1. The second-order valence-electron chi connectivity index (χ2n) is 7.29. The monoisotopic (exact) mass is 347 g/mol. The van der Waals surface area contributed by atoms with Crippen LogP contribution >= 0.6 is 12.4 Å². The molecule has 1 amide bonds. The minimum Gasteiger partial charge on any atom is -0.369 e. The van der Waals surface area contributed by atoms with E-state index in [1.54, 1.807) is 0 Å². The summed E-state index contributed by atoms with van der Waals surface area (Å²) in [5.74, 6) is 0.332. The molecule has 24 heavy (non-hydrogen) atoms. The van der Waals surface area contributed by atoms with Gasteiger partial charge >= 0.3 is 0 Å². The lowest BCUT2D eigenvalue weighted by atomic mass is 9.89. The van der Waals surface area contributed by atoms with E-state index in [1.165, 1.54) is 34.1 Å². The Morgan fingerprint density at radius 3 is 2.83 bits per heavy atom. The number of halogens is 1. The van der Waals surface area contributed by atoms with Crippen molar-refractivity contribution in [2.75, 3.05) is 13.1 Å². The molecule has 0 bridgehead atoms. The summed E-state index contributed by atoms with van der Waals surface area (Å²) in [6.07, 6.45) is 3.48. The Balaban J connectivity index is 0.00000169. The molecule has 2 aliphatic rings. The molecule has 1 aromatic carbocycles. The van der Waals surface area contributed by atoms with Crippen molar-refractivity contribution in [3.05, 3.63) is 35.0 Å². The maximum atomic E-state index is 11.4. The van der Waals surface area contributed by atoms with Crippen molar-refractivity contribution < 1.29 is 4.79 Å². The van der Waals surface area contributed by atoms with Gasteiger partial charge in [0.1, 0.15) is 0 Å². The number of benzene rings is 1. The third-order valence-electron chi connectivity index (χ3n) is 5.53. The molecule has 130 valence electrons. The highest BCUT2D eigenvalue weighted by Gasteiger charge is 2.35. The summed E-state index contributed by atoms with van der Waals surface area (Å²) < 4.78 is 2.50. The van der Waals surface area contributed by atoms with E-state index in [4.69, 9.17) is 5.73 Å². The fraction of sp³-hybridized carbons (Fsp3) is 0.526. The van der Waals surface area contributed by atoms with Crippen LogP contribution in [0.2, 0.25) is 0 Å². The van der Waals surface area contributed by atoms with Crippen LogP contribution in [-0.4, -0.2) is 28.5 Å². The summed E-state index contributed by atoms with van der Waals surface area (Å²) in [6, 6.07) is 7.31. The summed E-state index contributed by atoms with van der Waals surface area (Å²) >= 11 is 0. The van der Waals surface area contributed by atoms with Gasteiger partial charge in [-0.3, -0.25) is 9.69 Å². The Labute approximate surface area is 149 Å². The van der Waals surface area contributed by atoms with Crippen LogP contribution < -0.4 is 5.73 Å². The fourth-order valence-corrected chi connectivity index (χ4v) is 4.44. The first-order valence-corrected chi connectivity index (χ1v) is 8.73. The highest BCUT2D eigenvalue weighted by Crippen LogP contribution is 2.42. The topological polar surface area (TPSA) is 51.3 Å². The van der Waals surface area contributed by atoms with Crippen molar-refractivity contribution >= 4 is 29.2 Å². The molecule has 1 aromatic heterocycles. The third-order valence-corrected chi connectivity index (χ3v) is 5.53. The largest absolute Gasteiger partial charge is 0.369 e. The Morgan fingerprint density at radius 2 is 2.12 bits per heavy atom. The molecular formula is C19H26ClN3O. The van der Waals surface area contributed by atoms with E-state index in [0.29, 0.717) is 18.5 Å². The van der Waals surface area contributed by atoms with E-state index in [9.17, 15) is 4.79 Å². The van der Waals surface area contributed by atoms with E-state index in [1.807, 2.05) is 0 Å². The highest BCUT2D eigenvalue weighted by atomic mass is 35.5. The number of fused-ring (bicyclic) bond motifs is 3. The first kappa shape index (κ1) is 17.3. The quantitative estimate of drug-likeness (QED) is 0.925. The lowest BCUT2D eigenvalue weighted by Gasteiger charge is -2.39. The molecule has 2 aromatic rings. The molecule has 4 rings (SSSR count). The zero-order valence-corrected chi connectivity index (χ0v) is 15.2. The van der Waals surface area contributed by atoms with Crippen LogP contribution in [0.3, 0.4) is 0 Å². The Kier molecular flexibility index (Phi) is 4.63. The molecular weight excluding hydrogens is 322 g/mol. The molecule has 5 heteroatoms. The Hall–Kier alpha value is -1.52. The minimum absolute atomic E-state index is 0. The normalized spacial score (nSPS) is 20.0. The predicted octanol–water partition coefficient (Wildman–Crippen LogP) is 3.36. The van der Waals surface area contributed by atoms with Crippen molar-refractivity contribution in [2.24, 2.45) is 5.73 Å². The van der Waals surface area contributed by atoms with Crippen molar-refractivity contribution in [1.29, 1.82) is 0 Å². The first-order chi connectivity index (χ1) is 11.1. The Bertz CT molecular complexity index is 781. The van der Waals surface area contributed by atoms with E-state index in [0.717, 1.165) is 25.9 Å². The zero-order valence-electron chi connectivity index (χ0n) is 14.4. The van der Waals surface area contributed by atoms with Crippen LogP contribution in [0.4, 0.5) is 0 Å². The van der Waals surface area contributed by atoms with Crippen molar-refractivity contribution in [3.63, 3.8) is 0 Å². The van der Waals surface area contributed by atoms with Crippen LogP contribution in [0.15, 0.2) is 18.2 Å². The molecule has 2 N–H and O–H groups in total. The minimum atomic E-state index is -0.219. The van der Waals surface area contributed by atoms with Crippen molar-refractivity contribution in [3.8, 4) is 0 Å². The highest BCUT2D eigenvalue weighted by molar-refractivity contribution is 5.87. The first-order valence-electron chi connectivity index (χ1n) is 8.73. The van der Waals surface area contributed by atoms with Gasteiger partial charge in [0.05, 0.1) is 12.6 Å². The molecule has 2 heterocycles. The van der Waals surface area contributed by atoms with Crippen LogP contribution in [-0.2, 0) is 17.8 Å². The molecule has 0 fully saturated rings. The SMILES string of the molecule is CC(C)c1ccc2c(c1)c1c3n2CCN(CC(N)=O)C3CCC1.Cl. The molecule has 1 atom stereocenters. The van der Waals surface area contributed by atoms with Crippen LogP contribution in [0.1, 0.15) is 55.5 Å². The molecule has 4 nitrogen and oxygen atoms in total. The number of aryl methyl sites for hydroxylation is 1. The molecule has 0 saturated carbocycles. The number of rotatable bonds is 3. The van der Waals surface area contributed by atoms with Crippen LogP contribution in [0.25, 0.3) is 10.9 Å². The van der Waals surface area contributed by atoms with Crippen LogP contribution in [0, 0.1) is 0 Å². The number of nitrogens with two attached hydrogens (primary N) is 1. The molecule has 1 aliphatic carbocycles. The average Bonchev–Trinajstić information content (AvgIpc) is 2.85. The van der Waals surface area contributed by atoms with Gasteiger partial charge in [0.25, 0.3) is 0 Å². The number of nitrogens with zero attached hydrogens (tertiary/aromatic N) is 2. The third kappa shape index (κ3) is 2.62. The fourth-order valence-electron chi connectivity index (χ4n) is 4.44. The van der Waals surface area contributed by atoms with Gasteiger partial charge in [0.15, 0.2) is 0 Å². The lowest BCUT2D eigenvalue weighted by molar-refractivity contribution is -0.120. The number of hydrogen-bond donors (Lipinski definition) is 1. The number of aromatic nitrogens is 1. The van der Waals surface area contributed by atoms with Gasteiger partial charge in [0, 0.05) is 29.7 Å². The maximum absolute atomic E-state index is 11.4. The zero-order chi connectivity index (χ0) is 16.1. The van der Waals surface area contributed by atoms with E-state index >= 15 is 0 Å². The summed E-state index contributed by atoms with van der Waals surface area (Å²) in [6.45, 7) is 6.75. The van der Waals surface area contributed by atoms with Crippen molar-refractivity contribution in [2.45, 2.75) is 51.6 Å². The van der Waals surface area contributed by atoms with Gasteiger partial charge in [-0.15, -0.1) is 12.4 Å². The number of amides is 1. The van der Waals surface area contributed by atoms with E-state index in [-0.39, 0.29) is 18.3 Å². The van der Waals surface area contributed by atoms with Gasteiger partial charge in [-0.1, -0.05) is 19.9 Å². The molecule has 1 unspecified atom stereocenters. The molecule has 0 spiro atoms. The molecule has 1 aliphatic heterocycles. The average molecular weight is 348 g/mol. The predicted molar refractivity (Wildman–Crippen MR) is 99.7 cm³/mol. The Morgan fingerprint density at radius 1 is 1.33 bits per heavy atom. The number of carbonyl (C=O) groups is 1. The van der Waals surface area contributed by atoms with Crippen LogP contribution in [0.5, 0.6) is 0 Å². The standard InChI is InChI=1S/C19H25N3O.ClH/c1-12(2)13-6-7-16-15(10-13)14-4-3-5-17-19(14)22(16)9-8-21(17)11-18(20)23;/h6-7,10,12,17H,3-5,8-9,11H2,1-2H3,(H2,20,23);1H. The van der Waals surface area contributed by atoms with Crippen molar-refractivity contribution in [1.82, 2.24) is 9.47 Å². The van der Waals surface area contributed by atoms with Gasteiger partial charge in [-0.05, 0) is 48.4 Å². The summed E-state index contributed by atoms with van der Waals surface area (Å²) in [7, 11) is 0. The van der Waals surface area contributed by atoms with Gasteiger partial charge in [0.2, 0.25) is 5.91 Å². The second-order valence-corrected chi connectivity index (χ2v) is 7.29. The lowest BCUT2D eigenvalue weighted by Crippen LogP contribution is -2.43. The molecule has 0 radical (unpaired) electrons. The van der Waals surface area contributed by atoms with Gasteiger partial charge in [-0.25, -0.2) is 0 Å². The summed E-state index contributed by atoms with van der Waals surface area (Å²) in [4.78, 5) is 13.7. The maximum Gasteiger partial charge on any atom is 0.231 e. The van der Waals surface area contributed by atoms with Gasteiger partial charge < -0.3 is 10.3 Å². The molecule has 0 saturated heterocycles. The summed E-state index contributed by atoms with van der Waals surface area (Å²) in [5.41, 5.74) is 11.2. The van der Waals surface area contributed by atoms with E-state index < -0.39 is 0 Å². The second kappa shape index (κ2) is 6.41.